The Labute approximate surface area is 154 Å². The molecule has 9 heteroatoms. The van der Waals surface area contributed by atoms with Gasteiger partial charge in [-0.1, -0.05) is 0 Å². The number of anilines is 3. The maximum atomic E-state index is 11.3. The number of H-pyrrole nitrogens is 1. The molecule has 0 unspecified atom stereocenters. The first-order valence-electron chi connectivity index (χ1n) is 8.72. The Morgan fingerprint density at radius 1 is 1.26 bits per heavy atom. The summed E-state index contributed by atoms with van der Waals surface area (Å²) in [6.45, 7) is 1.88. The van der Waals surface area contributed by atoms with Crippen molar-refractivity contribution in [1.29, 1.82) is 5.26 Å². The molecule has 3 aromatic heterocycles. The smallest absolute Gasteiger partial charge is 0.248 e. The first-order valence-corrected chi connectivity index (χ1v) is 8.72. The van der Waals surface area contributed by atoms with Crippen molar-refractivity contribution in [1.82, 2.24) is 25.3 Å². The number of nitriles is 1. The van der Waals surface area contributed by atoms with Crippen molar-refractivity contribution in [3.05, 3.63) is 46.6 Å². The van der Waals surface area contributed by atoms with Gasteiger partial charge in [-0.2, -0.15) is 5.26 Å². The highest BCUT2D eigenvalue weighted by atomic mass is 16.1. The lowest BCUT2D eigenvalue weighted by molar-refractivity contribution is 0.480. The second kappa shape index (κ2) is 7.39. The van der Waals surface area contributed by atoms with Gasteiger partial charge in [0.05, 0.1) is 34.8 Å². The summed E-state index contributed by atoms with van der Waals surface area (Å²) >= 11 is 0. The Morgan fingerprint density at radius 2 is 2.19 bits per heavy atom. The monoisotopic (exact) mass is 362 g/mol. The Bertz CT molecular complexity index is 1060. The highest BCUT2D eigenvalue weighted by Crippen LogP contribution is 2.22. The number of aromatic amines is 1. The molecule has 0 aliphatic carbocycles. The van der Waals surface area contributed by atoms with Gasteiger partial charge in [0.25, 0.3) is 0 Å². The highest BCUT2D eigenvalue weighted by Gasteiger charge is 2.15. The Hall–Kier alpha value is -3.51. The lowest BCUT2D eigenvalue weighted by Gasteiger charge is -2.25. The molecule has 136 valence electrons. The molecule has 27 heavy (non-hydrogen) atoms. The zero-order valence-corrected chi connectivity index (χ0v) is 14.5. The molecule has 4 rings (SSSR count). The predicted octanol–water partition coefficient (Wildman–Crippen LogP) is 1.49. The van der Waals surface area contributed by atoms with E-state index >= 15 is 0 Å². The number of hydrogen-bond acceptors (Lipinski definition) is 8. The average Bonchev–Trinajstić information content (AvgIpc) is 2.69. The molecule has 0 amide bonds. The summed E-state index contributed by atoms with van der Waals surface area (Å²) in [5.41, 5.74) is 2.70. The summed E-state index contributed by atoms with van der Waals surface area (Å²) in [5, 5.41) is 19.2. The molecular formula is C18H18N8O. The summed E-state index contributed by atoms with van der Waals surface area (Å²) in [4.78, 5) is 26.8. The summed E-state index contributed by atoms with van der Waals surface area (Å²) in [6.07, 6.45) is 5.26. The molecule has 1 atom stereocenters. The lowest BCUT2D eigenvalue weighted by Crippen LogP contribution is -2.38. The standard InChI is InChI=1S/C18H18N8O/c19-7-15-14(23-11-2-1-5-20-8-11)6-12(9-21-15)24-18-22-10-16-13(26-18)3-4-17(27)25-16/h3-4,6,9-11,20,23H,1-2,5,8H2,(H,25,27)(H,22,24,26)/t11-/m0/s1. The number of rotatable bonds is 4. The van der Waals surface area contributed by atoms with Crippen LogP contribution in [0.15, 0.2) is 35.4 Å². The summed E-state index contributed by atoms with van der Waals surface area (Å²) in [6, 6.07) is 7.27. The SMILES string of the molecule is N#Cc1ncc(Nc2ncc3[nH]c(=O)ccc3n2)cc1N[C@H]1CCCNC1. The Kier molecular flexibility index (Phi) is 4.63. The fourth-order valence-electron chi connectivity index (χ4n) is 3.06. The topological polar surface area (TPSA) is 131 Å². The molecule has 1 aliphatic heterocycles. The van der Waals surface area contributed by atoms with Crippen molar-refractivity contribution in [3.8, 4) is 6.07 Å². The van der Waals surface area contributed by atoms with Gasteiger partial charge in [-0.05, 0) is 31.5 Å². The zero-order chi connectivity index (χ0) is 18.6. The predicted molar refractivity (Wildman–Crippen MR) is 102 cm³/mol. The van der Waals surface area contributed by atoms with Crippen LogP contribution in [-0.2, 0) is 0 Å². The maximum absolute atomic E-state index is 11.3. The van der Waals surface area contributed by atoms with E-state index in [2.05, 4.69) is 42.0 Å². The maximum Gasteiger partial charge on any atom is 0.248 e. The van der Waals surface area contributed by atoms with Crippen molar-refractivity contribution in [2.24, 2.45) is 0 Å². The van der Waals surface area contributed by atoms with Crippen molar-refractivity contribution in [2.45, 2.75) is 18.9 Å². The van der Waals surface area contributed by atoms with E-state index in [0.717, 1.165) is 25.9 Å². The molecule has 0 bridgehead atoms. The first kappa shape index (κ1) is 16.9. The van der Waals surface area contributed by atoms with E-state index in [1.165, 1.54) is 6.07 Å². The van der Waals surface area contributed by atoms with Crippen LogP contribution in [0.25, 0.3) is 11.0 Å². The van der Waals surface area contributed by atoms with Crippen LogP contribution in [0.3, 0.4) is 0 Å². The Morgan fingerprint density at radius 3 is 3.00 bits per heavy atom. The largest absolute Gasteiger partial charge is 0.379 e. The third-order valence-electron chi connectivity index (χ3n) is 4.37. The third-order valence-corrected chi connectivity index (χ3v) is 4.37. The average molecular weight is 362 g/mol. The van der Waals surface area contributed by atoms with Crippen LogP contribution in [0.4, 0.5) is 17.3 Å². The minimum Gasteiger partial charge on any atom is -0.379 e. The molecular weight excluding hydrogens is 344 g/mol. The minimum absolute atomic E-state index is 0.198. The van der Waals surface area contributed by atoms with E-state index in [0.29, 0.717) is 34.1 Å². The lowest BCUT2D eigenvalue weighted by atomic mass is 10.1. The van der Waals surface area contributed by atoms with Crippen molar-refractivity contribution >= 4 is 28.4 Å². The zero-order valence-electron chi connectivity index (χ0n) is 14.5. The van der Waals surface area contributed by atoms with Crippen LogP contribution in [-0.4, -0.2) is 39.1 Å². The van der Waals surface area contributed by atoms with Crippen LogP contribution >= 0.6 is 0 Å². The second-order valence-corrected chi connectivity index (χ2v) is 6.36. The number of pyridine rings is 2. The second-order valence-electron chi connectivity index (χ2n) is 6.36. The van der Waals surface area contributed by atoms with E-state index < -0.39 is 0 Å². The number of aromatic nitrogens is 4. The van der Waals surface area contributed by atoms with Gasteiger partial charge >= 0.3 is 0 Å². The van der Waals surface area contributed by atoms with Gasteiger partial charge in [0.1, 0.15) is 6.07 Å². The van der Waals surface area contributed by atoms with E-state index in [9.17, 15) is 10.1 Å². The van der Waals surface area contributed by atoms with Gasteiger partial charge in [-0.3, -0.25) is 4.79 Å². The van der Waals surface area contributed by atoms with Crippen LogP contribution in [0, 0.1) is 11.3 Å². The van der Waals surface area contributed by atoms with Gasteiger partial charge in [0, 0.05) is 18.7 Å². The van der Waals surface area contributed by atoms with Crippen LogP contribution in [0.2, 0.25) is 0 Å². The highest BCUT2D eigenvalue weighted by molar-refractivity contribution is 5.74. The molecule has 0 aromatic carbocycles. The summed E-state index contributed by atoms with van der Waals surface area (Å²) in [7, 11) is 0. The van der Waals surface area contributed by atoms with E-state index in [-0.39, 0.29) is 11.6 Å². The number of nitrogens with one attached hydrogen (secondary N) is 4. The molecule has 1 fully saturated rings. The Balaban J connectivity index is 1.58. The van der Waals surface area contributed by atoms with E-state index in [4.69, 9.17) is 0 Å². The summed E-state index contributed by atoms with van der Waals surface area (Å²) in [5.74, 6) is 0.381. The molecule has 9 nitrogen and oxygen atoms in total. The molecule has 4 heterocycles. The van der Waals surface area contributed by atoms with Gasteiger partial charge in [0.15, 0.2) is 5.69 Å². The quantitative estimate of drug-likeness (QED) is 0.549. The number of piperidine rings is 1. The molecule has 0 radical (unpaired) electrons. The molecule has 1 aliphatic rings. The molecule has 1 saturated heterocycles. The normalized spacial score (nSPS) is 16.6. The van der Waals surface area contributed by atoms with Crippen LogP contribution in [0.5, 0.6) is 0 Å². The van der Waals surface area contributed by atoms with Crippen LogP contribution in [0.1, 0.15) is 18.5 Å². The molecule has 0 spiro atoms. The number of nitrogens with zero attached hydrogens (tertiary/aromatic N) is 4. The molecule has 4 N–H and O–H groups in total. The molecule has 0 saturated carbocycles. The summed E-state index contributed by atoms with van der Waals surface area (Å²) < 4.78 is 0. The van der Waals surface area contributed by atoms with Crippen LogP contribution < -0.4 is 21.5 Å². The fourth-order valence-corrected chi connectivity index (χ4v) is 3.06. The van der Waals surface area contributed by atoms with Gasteiger partial charge in [-0.15, -0.1) is 0 Å². The fraction of sp³-hybridized carbons (Fsp3) is 0.278. The van der Waals surface area contributed by atoms with Gasteiger partial charge in [0.2, 0.25) is 11.5 Å². The van der Waals surface area contributed by atoms with Crippen molar-refractivity contribution in [2.75, 3.05) is 23.7 Å². The van der Waals surface area contributed by atoms with E-state index in [1.807, 2.05) is 6.07 Å². The van der Waals surface area contributed by atoms with Gasteiger partial charge < -0.3 is 20.9 Å². The van der Waals surface area contributed by atoms with E-state index in [1.54, 1.807) is 18.5 Å². The van der Waals surface area contributed by atoms with Crippen molar-refractivity contribution < 1.29 is 0 Å². The van der Waals surface area contributed by atoms with Gasteiger partial charge in [-0.25, -0.2) is 15.0 Å². The minimum atomic E-state index is -0.198. The van der Waals surface area contributed by atoms with Crippen molar-refractivity contribution in [3.63, 3.8) is 0 Å². The first-order chi connectivity index (χ1) is 13.2. The number of fused-ring (bicyclic) bond motifs is 1. The third kappa shape index (κ3) is 3.86. The molecule has 3 aromatic rings. The number of hydrogen-bond donors (Lipinski definition) is 4.